The van der Waals surface area contributed by atoms with Crippen molar-refractivity contribution in [2.75, 3.05) is 13.2 Å². The van der Waals surface area contributed by atoms with Crippen molar-refractivity contribution in [3.8, 4) is 11.1 Å². The molecule has 0 saturated carbocycles. The largest absolute Gasteiger partial charge is 0.479 e. The van der Waals surface area contributed by atoms with Crippen LogP contribution >= 0.6 is 11.3 Å². The van der Waals surface area contributed by atoms with E-state index < -0.39 is 36.2 Å². The summed E-state index contributed by atoms with van der Waals surface area (Å²) in [5, 5.41) is 16.5. The van der Waals surface area contributed by atoms with Crippen LogP contribution < -0.4 is 10.6 Å². The first-order valence-electron chi connectivity index (χ1n) is 11.3. The van der Waals surface area contributed by atoms with Crippen LogP contribution in [-0.4, -0.2) is 48.4 Å². The summed E-state index contributed by atoms with van der Waals surface area (Å²) in [6.07, 6.45) is -1.46. The molecule has 0 bridgehead atoms. The van der Waals surface area contributed by atoms with Crippen LogP contribution in [0.2, 0.25) is 0 Å². The maximum atomic E-state index is 13.1. The highest BCUT2D eigenvalue weighted by molar-refractivity contribution is 7.10. The molecule has 3 aromatic rings. The fourth-order valence-electron chi connectivity index (χ4n) is 4.73. The first-order valence-corrected chi connectivity index (χ1v) is 12.2. The number of fused-ring (bicyclic) bond motifs is 3. The van der Waals surface area contributed by atoms with Crippen molar-refractivity contribution in [3.05, 3.63) is 82.0 Å². The molecule has 180 valence electrons. The summed E-state index contributed by atoms with van der Waals surface area (Å²) in [4.78, 5) is 37.9. The van der Waals surface area contributed by atoms with Gasteiger partial charge in [-0.1, -0.05) is 54.6 Å². The fourth-order valence-corrected chi connectivity index (χ4v) is 5.50. The zero-order valence-corrected chi connectivity index (χ0v) is 19.5. The van der Waals surface area contributed by atoms with Crippen molar-refractivity contribution in [1.29, 1.82) is 0 Å². The topological polar surface area (TPSA) is 114 Å². The Labute approximate surface area is 205 Å². The fraction of sp³-hybridized carbons (Fsp3) is 0.269. The molecule has 8 nitrogen and oxygen atoms in total. The first-order chi connectivity index (χ1) is 17.0. The van der Waals surface area contributed by atoms with Gasteiger partial charge in [0.15, 0.2) is 6.10 Å². The van der Waals surface area contributed by atoms with E-state index in [1.807, 2.05) is 36.4 Å². The molecule has 0 radical (unpaired) electrons. The Balaban J connectivity index is 1.27. The Morgan fingerprint density at radius 1 is 1.03 bits per heavy atom. The summed E-state index contributed by atoms with van der Waals surface area (Å²) >= 11 is 1.31. The molecule has 1 aliphatic carbocycles. The third-order valence-electron chi connectivity index (χ3n) is 6.36. The Morgan fingerprint density at radius 2 is 1.71 bits per heavy atom. The van der Waals surface area contributed by atoms with Crippen LogP contribution in [0.1, 0.15) is 34.4 Å². The predicted molar refractivity (Wildman–Crippen MR) is 129 cm³/mol. The van der Waals surface area contributed by atoms with Crippen LogP contribution in [0.4, 0.5) is 4.79 Å². The number of nitrogens with one attached hydrogen (secondary N) is 2. The Hall–Kier alpha value is -3.69. The van der Waals surface area contributed by atoms with E-state index in [-0.39, 0.29) is 19.1 Å². The van der Waals surface area contributed by atoms with Crippen LogP contribution in [-0.2, 0) is 19.1 Å². The lowest BCUT2D eigenvalue weighted by Crippen LogP contribution is -2.48. The molecular weight excluding hydrogens is 468 g/mol. The van der Waals surface area contributed by atoms with E-state index in [0.717, 1.165) is 22.3 Å². The van der Waals surface area contributed by atoms with Gasteiger partial charge in [0, 0.05) is 17.4 Å². The molecule has 1 saturated heterocycles. The number of ether oxygens (including phenoxy) is 2. The van der Waals surface area contributed by atoms with E-state index in [2.05, 4.69) is 22.8 Å². The molecule has 5 rings (SSSR count). The van der Waals surface area contributed by atoms with Crippen LogP contribution in [0, 0.1) is 0 Å². The molecule has 9 heteroatoms. The minimum atomic E-state index is -1.13. The number of hydrogen-bond donors (Lipinski definition) is 3. The Kier molecular flexibility index (Phi) is 6.52. The van der Waals surface area contributed by atoms with Gasteiger partial charge >= 0.3 is 12.1 Å². The first kappa shape index (κ1) is 23.1. The molecule has 1 aliphatic heterocycles. The van der Waals surface area contributed by atoms with Crippen LogP contribution in [0.15, 0.2) is 66.0 Å². The third kappa shape index (κ3) is 4.65. The van der Waals surface area contributed by atoms with Gasteiger partial charge < -0.3 is 25.2 Å². The number of alkyl carbamates (subject to hydrolysis) is 1. The number of hydrogen-bond acceptors (Lipinski definition) is 6. The zero-order valence-electron chi connectivity index (χ0n) is 18.7. The zero-order chi connectivity index (χ0) is 24.4. The molecule has 1 fully saturated rings. The van der Waals surface area contributed by atoms with Crippen LogP contribution in [0.5, 0.6) is 0 Å². The predicted octanol–water partition coefficient (Wildman–Crippen LogP) is 3.69. The second-order valence-corrected chi connectivity index (χ2v) is 9.43. The number of amides is 2. The van der Waals surface area contributed by atoms with Crippen molar-refractivity contribution in [2.24, 2.45) is 0 Å². The monoisotopic (exact) mass is 492 g/mol. The Bertz CT molecular complexity index is 1200. The van der Waals surface area contributed by atoms with E-state index in [1.165, 1.54) is 11.3 Å². The average Bonchev–Trinajstić information content (AvgIpc) is 3.61. The van der Waals surface area contributed by atoms with Crippen molar-refractivity contribution >= 4 is 29.3 Å². The number of carboxylic acids is 1. The molecule has 0 spiro atoms. The highest BCUT2D eigenvalue weighted by atomic mass is 32.1. The van der Waals surface area contributed by atoms with E-state index in [1.54, 1.807) is 17.5 Å². The summed E-state index contributed by atoms with van der Waals surface area (Å²) in [7, 11) is 0. The number of carboxylic acid groups (broad SMARTS) is 1. The Morgan fingerprint density at radius 3 is 2.34 bits per heavy atom. The highest BCUT2D eigenvalue weighted by Crippen LogP contribution is 2.44. The third-order valence-corrected chi connectivity index (χ3v) is 7.30. The van der Waals surface area contributed by atoms with Gasteiger partial charge in [0.05, 0.1) is 6.04 Å². The summed E-state index contributed by atoms with van der Waals surface area (Å²) in [5.41, 5.74) is 4.43. The van der Waals surface area contributed by atoms with Gasteiger partial charge in [0.1, 0.15) is 12.6 Å². The van der Waals surface area contributed by atoms with Gasteiger partial charge in [-0.05, 0) is 40.1 Å². The van der Waals surface area contributed by atoms with Crippen LogP contribution in [0.3, 0.4) is 0 Å². The minimum Gasteiger partial charge on any atom is -0.479 e. The van der Waals surface area contributed by atoms with E-state index in [4.69, 9.17) is 9.47 Å². The van der Waals surface area contributed by atoms with Gasteiger partial charge in [-0.2, -0.15) is 0 Å². The lowest BCUT2D eigenvalue weighted by Gasteiger charge is -2.22. The molecule has 35 heavy (non-hydrogen) atoms. The molecule has 2 amide bonds. The summed E-state index contributed by atoms with van der Waals surface area (Å²) in [6.45, 7) is 0.363. The maximum absolute atomic E-state index is 13.1. The van der Waals surface area contributed by atoms with Gasteiger partial charge in [-0.3, -0.25) is 4.79 Å². The average molecular weight is 493 g/mol. The number of thiophene rings is 1. The number of carbonyl (C=O) groups is 3. The highest BCUT2D eigenvalue weighted by Gasteiger charge is 2.37. The van der Waals surface area contributed by atoms with E-state index >= 15 is 0 Å². The van der Waals surface area contributed by atoms with E-state index in [0.29, 0.717) is 11.3 Å². The lowest BCUT2D eigenvalue weighted by atomic mass is 9.98. The normalized spacial score (nSPS) is 19.4. The van der Waals surface area contributed by atoms with Crippen molar-refractivity contribution in [1.82, 2.24) is 10.6 Å². The molecule has 2 heterocycles. The van der Waals surface area contributed by atoms with Gasteiger partial charge in [0.2, 0.25) is 5.91 Å². The summed E-state index contributed by atoms with van der Waals surface area (Å²) in [5.74, 6) is -1.75. The number of carbonyl (C=O) groups excluding carboxylic acids is 2. The SMILES string of the molecule is O=C(NC(C(=O)NC1CCOC1C(=O)O)c1cccs1)OCC1c2ccccc2-c2ccccc21. The van der Waals surface area contributed by atoms with Crippen molar-refractivity contribution in [2.45, 2.75) is 30.5 Å². The molecule has 2 aliphatic rings. The number of rotatable bonds is 7. The van der Waals surface area contributed by atoms with Gasteiger partial charge in [0.25, 0.3) is 0 Å². The quantitative estimate of drug-likeness (QED) is 0.464. The molecule has 2 aromatic carbocycles. The maximum Gasteiger partial charge on any atom is 0.408 e. The number of benzene rings is 2. The lowest BCUT2D eigenvalue weighted by molar-refractivity contribution is -0.148. The smallest absolute Gasteiger partial charge is 0.408 e. The van der Waals surface area contributed by atoms with Crippen molar-refractivity contribution < 1.29 is 29.0 Å². The van der Waals surface area contributed by atoms with E-state index in [9.17, 15) is 19.5 Å². The number of aliphatic carboxylic acids is 1. The van der Waals surface area contributed by atoms with Crippen LogP contribution in [0.25, 0.3) is 11.1 Å². The standard InChI is InChI=1S/C26H24N2O6S/c29-24(27-20-11-12-33-23(20)25(30)31)22(21-10-5-13-35-21)28-26(32)34-14-19-17-8-3-1-6-15(17)16-7-2-4-9-18(16)19/h1-10,13,19-20,22-23H,11-12,14H2,(H,27,29)(H,28,32)(H,30,31). The van der Waals surface area contributed by atoms with Gasteiger partial charge in [-0.15, -0.1) is 11.3 Å². The molecule has 3 atom stereocenters. The summed E-state index contributed by atoms with van der Waals surface area (Å²) in [6, 6.07) is 17.9. The molecule has 3 N–H and O–H groups in total. The summed E-state index contributed by atoms with van der Waals surface area (Å²) < 4.78 is 10.8. The van der Waals surface area contributed by atoms with Gasteiger partial charge in [-0.25, -0.2) is 9.59 Å². The molecule has 3 unspecified atom stereocenters. The van der Waals surface area contributed by atoms with Crippen molar-refractivity contribution in [3.63, 3.8) is 0 Å². The molecule has 1 aromatic heterocycles. The minimum absolute atomic E-state index is 0.103. The second kappa shape index (κ2) is 9.89. The second-order valence-electron chi connectivity index (χ2n) is 8.45. The molecular formula is C26H24N2O6S.